The predicted octanol–water partition coefficient (Wildman–Crippen LogP) is 3.15. The predicted molar refractivity (Wildman–Crippen MR) is 75.3 cm³/mol. The molecule has 0 heterocycles. The Bertz CT molecular complexity index is 388. The highest BCUT2D eigenvalue weighted by Crippen LogP contribution is 2.25. The second kappa shape index (κ2) is 7.07. The molecule has 0 saturated heterocycles. The highest BCUT2D eigenvalue weighted by atomic mass is 16.5. The zero-order valence-corrected chi connectivity index (χ0v) is 11.7. The molecule has 0 aliphatic rings. The Hall–Kier alpha value is -1.48. The van der Waals surface area contributed by atoms with E-state index in [1.165, 1.54) is 0 Å². The van der Waals surface area contributed by atoms with Crippen LogP contribution in [0.2, 0.25) is 0 Å². The molecule has 0 aliphatic carbocycles. The van der Waals surface area contributed by atoms with E-state index in [9.17, 15) is 0 Å². The minimum Gasteiger partial charge on any atom is -0.497 e. The van der Waals surface area contributed by atoms with Crippen LogP contribution in [0.15, 0.2) is 30.9 Å². The molecule has 0 aromatic heterocycles. The topological polar surface area (TPSA) is 30.5 Å². The van der Waals surface area contributed by atoms with Crippen molar-refractivity contribution < 1.29 is 9.47 Å². The van der Waals surface area contributed by atoms with Crippen LogP contribution in [0.5, 0.6) is 11.5 Å². The van der Waals surface area contributed by atoms with Gasteiger partial charge in [0.25, 0.3) is 0 Å². The van der Waals surface area contributed by atoms with Crippen molar-refractivity contribution in [1.29, 1.82) is 0 Å². The lowest BCUT2D eigenvalue weighted by molar-refractivity contribution is 0.266. The van der Waals surface area contributed by atoms with Crippen LogP contribution in [0.3, 0.4) is 0 Å². The van der Waals surface area contributed by atoms with Crippen LogP contribution in [0.25, 0.3) is 0 Å². The van der Waals surface area contributed by atoms with Gasteiger partial charge in [-0.3, -0.25) is 0 Å². The fourth-order valence-corrected chi connectivity index (χ4v) is 1.50. The number of methoxy groups -OCH3 is 1. The zero-order valence-electron chi connectivity index (χ0n) is 11.7. The first-order valence-electron chi connectivity index (χ1n) is 6.26. The van der Waals surface area contributed by atoms with Crippen molar-refractivity contribution in [3.8, 4) is 11.5 Å². The molecule has 100 valence electrons. The Morgan fingerprint density at radius 2 is 2.06 bits per heavy atom. The van der Waals surface area contributed by atoms with E-state index in [1.807, 2.05) is 25.1 Å². The summed E-state index contributed by atoms with van der Waals surface area (Å²) in [5.41, 5.74) is 1.09. The molecule has 1 atom stereocenters. The van der Waals surface area contributed by atoms with E-state index < -0.39 is 0 Å². The molecule has 0 amide bonds. The van der Waals surface area contributed by atoms with Crippen LogP contribution in [-0.2, 0) is 6.54 Å². The van der Waals surface area contributed by atoms with Crippen LogP contribution in [0, 0.1) is 0 Å². The largest absolute Gasteiger partial charge is 0.497 e. The fraction of sp³-hybridized carbons (Fsp3) is 0.467. The Kier molecular flexibility index (Phi) is 5.72. The van der Waals surface area contributed by atoms with Crippen molar-refractivity contribution in [1.82, 2.24) is 5.32 Å². The average Bonchev–Trinajstić information content (AvgIpc) is 2.37. The van der Waals surface area contributed by atoms with Gasteiger partial charge in [0.05, 0.1) is 7.11 Å². The number of benzene rings is 1. The molecule has 1 aromatic carbocycles. The van der Waals surface area contributed by atoms with Crippen LogP contribution >= 0.6 is 0 Å². The minimum absolute atomic E-state index is 0.00352. The van der Waals surface area contributed by atoms with E-state index in [4.69, 9.17) is 9.47 Å². The summed E-state index contributed by atoms with van der Waals surface area (Å²) in [6, 6.07) is 6.28. The molecule has 0 saturated carbocycles. The molecule has 3 heteroatoms. The summed E-state index contributed by atoms with van der Waals surface area (Å²) < 4.78 is 11.1. The summed E-state index contributed by atoms with van der Waals surface area (Å²) in [5.74, 6) is 1.71. The Balaban J connectivity index is 2.88. The average molecular weight is 249 g/mol. The number of rotatable bonds is 7. The SMILES string of the molecule is C=CC(C)Oc1ccc(OC)cc1CNC(C)C. The fourth-order valence-electron chi connectivity index (χ4n) is 1.50. The zero-order chi connectivity index (χ0) is 13.5. The van der Waals surface area contributed by atoms with Gasteiger partial charge in [-0.25, -0.2) is 0 Å². The Morgan fingerprint density at radius 3 is 2.61 bits per heavy atom. The highest BCUT2D eigenvalue weighted by molar-refractivity contribution is 5.40. The third-order valence-corrected chi connectivity index (χ3v) is 2.61. The van der Waals surface area contributed by atoms with Crippen molar-refractivity contribution in [3.05, 3.63) is 36.4 Å². The summed E-state index contributed by atoms with van der Waals surface area (Å²) in [6.07, 6.45) is 1.78. The van der Waals surface area contributed by atoms with Crippen LogP contribution < -0.4 is 14.8 Å². The molecule has 1 aromatic rings. The van der Waals surface area contributed by atoms with Gasteiger partial charge >= 0.3 is 0 Å². The van der Waals surface area contributed by atoms with E-state index in [0.29, 0.717) is 6.04 Å². The summed E-state index contributed by atoms with van der Waals surface area (Å²) in [5, 5.41) is 3.38. The van der Waals surface area contributed by atoms with E-state index in [0.717, 1.165) is 23.6 Å². The van der Waals surface area contributed by atoms with Crippen molar-refractivity contribution >= 4 is 0 Å². The lowest BCUT2D eigenvalue weighted by Crippen LogP contribution is -2.22. The third kappa shape index (κ3) is 4.41. The number of ether oxygens (including phenoxy) is 2. The number of hydrogen-bond donors (Lipinski definition) is 1. The summed E-state index contributed by atoms with van der Waals surface area (Å²) >= 11 is 0. The van der Waals surface area contributed by atoms with Gasteiger partial charge in [0, 0.05) is 18.2 Å². The second-order valence-corrected chi connectivity index (χ2v) is 4.57. The molecule has 0 spiro atoms. The third-order valence-electron chi connectivity index (χ3n) is 2.61. The standard InChI is InChI=1S/C15H23NO2/c1-6-12(4)18-15-8-7-14(17-5)9-13(15)10-16-11(2)3/h6-9,11-12,16H,1,10H2,2-5H3. The van der Waals surface area contributed by atoms with E-state index in [2.05, 4.69) is 25.7 Å². The molecule has 1 unspecified atom stereocenters. The first kappa shape index (κ1) is 14.6. The normalized spacial score (nSPS) is 12.3. The summed E-state index contributed by atoms with van der Waals surface area (Å²) in [4.78, 5) is 0. The van der Waals surface area contributed by atoms with Crippen LogP contribution in [-0.4, -0.2) is 19.3 Å². The highest BCUT2D eigenvalue weighted by Gasteiger charge is 2.08. The molecular formula is C15H23NO2. The maximum Gasteiger partial charge on any atom is 0.124 e. The van der Waals surface area contributed by atoms with Gasteiger partial charge in [-0.2, -0.15) is 0 Å². The first-order chi connectivity index (χ1) is 8.56. The smallest absolute Gasteiger partial charge is 0.124 e. The van der Waals surface area contributed by atoms with Crippen LogP contribution in [0.4, 0.5) is 0 Å². The van der Waals surface area contributed by atoms with Crippen molar-refractivity contribution in [2.45, 2.75) is 39.5 Å². The lowest BCUT2D eigenvalue weighted by Gasteiger charge is -2.17. The molecular weight excluding hydrogens is 226 g/mol. The molecule has 0 bridgehead atoms. The van der Waals surface area contributed by atoms with E-state index in [-0.39, 0.29) is 6.10 Å². The van der Waals surface area contributed by atoms with Crippen molar-refractivity contribution in [3.63, 3.8) is 0 Å². The van der Waals surface area contributed by atoms with Crippen molar-refractivity contribution in [2.24, 2.45) is 0 Å². The van der Waals surface area contributed by atoms with Gasteiger partial charge in [-0.1, -0.05) is 26.5 Å². The molecule has 18 heavy (non-hydrogen) atoms. The summed E-state index contributed by atoms with van der Waals surface area (Å²) in [7, 11) is 1.67. The molecule has 0 aliphatic heterocycles. The molecule has 1 rings (SSSR count). The van der Waals surface area contributed by atoms with Crippen molar-refractivity contribution in [2.75, 3.05) is 7.11 Å². The van der Waals surface area contributed by atoms with E-state index in [1.54, 1.807) is 13.2 Å². The second-order valence-electron chi connectivity index (χ2n) is 4.57. The molecule has 3 nitrogen and oxygen atoms in total. The first-order valence-corrected chi connectivity index (χ1v) is 6.26. The Morgan fingerprint density at radius 1 is 1.33 bits per heavy atom. The lowest BCUT2D eigenvalue weighted by atomic mass is 10.1. The van der Waals surface area contributed by atoms with Gasteiger partial charge in [0.15, 0.2) is 0 Å². The van der Waals surface area contributed by atoms with Crippen LogP contribution in [0.1, 0.15) is 26.3 Å². The summed E-state index contributed by atoms with van der Waals surface area (Å²) in [6.45, 7) is 10.7. The maximum atomic E-state index is 5.81. The van der Waals surface area contributed by atoms with Gasteiger partial charge in [-0.05, 0) is 25.1 Å². The maximum absolute atomic E-state index is 5.81. The van der Waals surface area contributed by atoms with Gasteiger partial charge < -0.3 is 14.8 Å². The van der Waals surface area contributed by atoms with Gasteiger partial charge in [0.1, 0.15) is 17.6 Å². The molecule has 0 fully saturated rings. The molecule has 1 N–H and O–H groups in total. The van der Waals surface area contributed by atoms with Gasteiger partial charge in [0.2, 0.25) is 0 Å². The quantitative estimate of drug-likeness (QED) is 0.753. The number of hydrogen-bond acceptors (Lipinski definition) is 3. The minimum atomic E-state index is -0.00352. The number of nitrogens with one attached hydrogen (secondary N) is 1. The molecule has 0 radical (unpaired) electrons. The van der Waals surface area contributed by atoms with E-state index >= 15 is 0 Å². The Labute approximate surface area is 110 Å². The monoisotopic (exact) mass is 249 g/mol. The van der Waals surface area contributed by atoms with Gasteiger partial charge in [-0.15, -0.1) is 0 Å².